The molecule has 0 saturated carbocycles. The molecule has 4 heteroatoms. The van der Waals surface area contributed by atoms with Crippen molar-refractivity contribution in [3.8, 4) is 0 Å². The summed E-state index contributed by atoms with van der Waals surface area (Å²) < 4.78 is 0. The third-order valence-corrected chi connectivity index (χ3v) is 3.24. The van der Waals surface area contributed by atoms with Gasteiger partial charge >= 0.3 is 0 Å². The van der Waals surface area contributed by atoms with Gasteiger partial charge in [-0.2, -0.15) is 0 Å². The number of unbranched alkanes of at least 4 members (excludes halogenated alkanes) is 3. The average Bonchev–Trinajstić information content (AvgIpc) is 2.42. The summed E-state index contributed by atoms with van der Waals surface area (Å²) in [6.45, 7) is 0.729. The Balaban J connectivity index is 2.35. The lowest BCUT2D eigenvalue weighted by Crippen LogP contribution is -2.24. The Morgan fingerprint density at radius 2 is 1.95 bits per heavy atom. The van der Waals surface area contributed by atoms with Gasteiger partial charge in [-0.25, -0.2) is 0 Å². The van der Waals surface area contributed by atoms with Crippen molar-refractivity contribution in [1.82, 2.24) is 5.32 Å². The number of halogens is 1. The lowest BCUT2D eigenvalue weighted by molar-refractivity contribution is 0.0953. The van der Waals surface area contributed by atoms with Gasteiger partial charge in [-0.1, -0.05) is 18.9 Å². The van der Waals surface area contributed by atoms with Gasteiger partial charge in [0.1, 0.15) is 0 Å². The number of anilines is 1. The van der Waals surface area contributed by atoms with Crippen molar-refractivity contribution >= 4 is 23.2 Å². The van der Waals surface area contributed by atoms with Gasteiger partial charge in [0.2, 0.25) is 0 Å². The van der Waals surface area contributed by atoms with Crippen molar-refractivity contribution in [2.24, 2.45) is 0 Å². The number of hydrogen-bond acceptors (Lipinski definition) is 2. The fourth-order valence-corrected chi connectivity index (χ4v) is 1.99. The smallest absolute Gasteiger partial charge is 0.251 e. The number of alkyl halides is 1. The van der Waals surface area contributed by atoms with Crippen molar-refractivity contribution in [1.29, 1.82) is 0 Å². The molecule has 106 valence electrons. The Labute approximate surface area is 120 Å². The third-order valence-electron chi connectivity index (χ3n) is 2.97. The molecule has 0 aliphatic rings. The molecule has 1 aromatic carbocycles. The van der Waals surface area contributed by atoms with E-state index in [1.54, 1.807) is 0 Å². The summed E-state index contributed by atoms with van der Waals surface area (Å²) in [6.07, 6.45) is 4.32. The monoisotopic (exact) mass is 282 g/mol. The van der Waals surface area contributed by atoms with Crippen molar-refractivity contribution in [2.45, 2.75) is 25.7 Å². The molecule has 1 N–H and O–H groups in total. The fraction of sp³-hybridized carbons (Fsp3) is 0.533. The standard InChI is InChI=1S/C15H23ClN2O/c1-18(2)14-9-7-8-13(12-14)15(19)17-11-6-4-3-5-10-16/h7-9,12H,3-6,10-11H2,1-2H3,(H,17,19). The normalized spacial score (nSPS) is 10.3. The van der Waals surface area contributed by atoms with Crippen molar-refractivity contribution in [3.63, 3.8) is 0 Å². The maximum absolute atomic E-state index is 12.0. The Bertz CT molecular complexity index is 393. The molecule has 1 rings (SSSR count). The molecular formula is C15H23ClN2O. The molecule has 3 nitrogen and oxygen atoms in total. The number of carbonyl (C=O) groups is 1. The van der Waals surface area contributed by atoms with Gasteiger partial charge in [0.25, 0.3) is 5.91 Å². The Kier molecular flexibility index (Phi) is 7.34. The summed E-state index contributed by atoms with van der Waals surface area (Å²) in [6, 6.07) is 7.65. The minimum atomic E-state index is 0.000966. The van der Waals surface area contributed by atoms with E-state index in [4.69, 9.17) is 11.6 Å². The Morgan fingerprint density at radius 3 is 2.63 bits per heavy atom. The van der Waals surface area contributed by atoms with Crippen LogP contribution in [0.2, 0.25) is 0 Å². The highest BCUT2D eigenvalue weighted by molar-refractivity contribution is 6.17. The second kappa shape index (κ2) is 8.81. The van der Waals surface area contributed by atoms with E-state index >= 15 is 0 Å². The van der Waals surface area contributed by atoms with E-state index in [0.29, 0.717) is 5.56 Å². The molecule has 1 aromatic rings. The summed E-state index contributed by atoms with van der Waals surface area (Å²) in [7, 11) is 3.93. The first-order valence-electron chi connectivity index (χ1n) is 6.76. The first kappa shape index (κ1) is 15.8. The molecule has 0 radical (unpaired) electrons. The van der Waals surface area contributed by atoms with E-state index in [9.17, 15) is 4.79 Å². The zero-order valence-electron chi connectivity index (χ0n) is 11.8. The highest BCUT2D eigenvalue weighted by atomic mass is 35.5. The molecule has 0 spiro atoms. The van der Waals surface area contributed by atoms with Crippen LogP contribution in [0.3, 0.4) is 0 Å². The third kappa shape index (κ3) is 5.97. The molecule has 0 heterocycles. The van der Waals surface area contributed by atoms with E-state index in [1.165, 1.54) is 0 Å². The van der Waals surface area contributed by atoms with E-state index in [-0.39, 0.29) is 5.91 Å². The molecule has 0 bridgehead atoms. The summed E-state index contributed by atoms with van der Waals surface area (Å²) >= 11 is 5.61. The Hall–Kier alpha value is -1.22. The summed E-state index contributed by atoms with van der Waals surface area (Å²) in [5, 5.41) is 2.95. The van der Waals surface area contributed by atoms with Gasteiger partial charge in [-0.05, 0) is 31.0 Å². The minimum absolute atomic E-state index is 0.000966. The van der Waals surface area contributed by atoms with Crippen molar-refractivity contribution < 1.29 is 4.79 Å². The van der Waals surface area contributed by atoms with Gasteiger partial charge in [0, 0.05) is 37.8 Å². The van der Waals surface area contributed by atoms with Gasteiger partial charge in [0.15, 0.2) is 0 Å². The van der Waals surface area contributed by atoms with Crippen LogP contribution in [0.15, 0.2) is 24.3 Å². The summed E-state index contributed by atoms with van der Waals surface area (Å²) in [4.78, 5) is 13.9. The van der Waals surface area contributed by atoms with Crippen molar-refractivity contribution in [2.75, 3.05) is 31.4 Å². The van der Waals surface area contributed by atoms with E-state index in [0.717, 1.165) is 43.8 Å². The van der Waals surface area contributed by atoms with Crippen LogP contribution < -0.4 is 10.2 Å². The summed E-state index contributed by atoms with van der Waals surface area (Å²) in [5.74, 6) is 0.727. The lowest BCUT2D eigenvalue weighted by Gasteiger charge is -2.13. The highest BCUT2D eigenvalue weighted by Gasteiger charge is 2.06. The maximum Gasteiger partial charge on any atom is 0.251 e. The molecule has 0 unspecified atom stereocenters. The average molecular weight is 283 g/mol. The molecule has 19 heavy (non-hydrogen) atoms. The second-order valence-corrected chi connectivity index (χ2v) is 5.18. The van der Waals surface area contributed by atoms with Crippen LogP contribution in [0, 0.1) is 0 Å². The van der Waals surface area contributed by atoms with Gasteiger partial charge in [-0.15, -0.1) is 11.6 Å². The van der Waals surface area contributed by atoms with Gasteiger partial charge in [-0.3, -0.25) is 4.79 Å². The molecule has 0 saturated heterocycles. The van der Waals surface area contributed by atoms with Crippen LogP contribution in [-0.4, -0.2) is 32.4 Å². The van der Waals surface area contributed by atoms with Crippen molar-refractivity contribution in [3.05, 3.63) is 29.8 Å². The number of amides is 1. The molecule has 0 fully saturated rings. The van der Waals surface area contributed by atoms with E-state index < -0.39 is 0 Å². The van der Waals surface area contributed by atoms with Crippen LogP contribution >= 0.6 is 11.6 Å². The zero-order chi connectivity index (χ0) is 14.1. The zero-order valence-corrected chi connectivity index (χ0v) is 12.5. The number of benzene rings is 1. The quantitative estimate of drug-likeness (QED) is 0.586. The molecule has 0 aromatic heterocycles. The SMILES string of the molecule is CN(C)c1cccc(C(=O)NCCCCCCCl)c1. The number of rotatable bonds is 8. The summed E-state index contributed by atoms with van der Waals surface area (Å²) in [5.41, 5.74) is 1.75. The van der Waals surface area contributed by atoms with Gasteiger partial charge in [0.05, 0.1) is 0 Å². The molecular weight excluding hydrogens is 260 g/mol. The van der Waals surface area contributed by atoms with Crippen LogP contribution in [-0.2, 0) is 0 Å². The van der Waals surface area contributed by atoms with Crippen LogP contribution in [0.1, 0.15) is 36.0 Å². The molecule has 0 aliphatic carbocycles. The largest absolute Gasteiger partial charge is 0.378 e. The van der Waals surface area contributed by atoms with E-state index in [1.807, 2.05) is 43.3 Å². The molecule has 0 aliphatic heterocycles. The second-order valence-electron chi connectivity index (χ2n) is 4.80. The predicted octanol–water partition coefficient (Wildman–Crippen LogP) is 3.28. The maximum atomic E-state index is 12.0. The number of nitrogens with zero attached hydrogens (tertiary/aromatic N) is 1. The van der Waals surface area contributed by atoms with Crippen LogP contribution in [0.4, 0.5) is 5.69 Å². The topological polar surface area (TPSA) is 32.3 Å². The van der Waals surface area contributed by atoms with Crippen LogP contribution in [0.5, 0.6) is 0 Å². The lowest BCUT2D eigenvalue weighted by atomic mass is 10.1. The van der Waals surface area contributed by atoms with Gasteiger partial charge < -0.3 is 10.2 Å². The van der Waals surface area contributed by atoms with Crippen LogP contribution in [0.25, 0.3) is 0 Å². The molecule has 0 atom stereocenters. The number of hydrogen-bond donors (Lipinski definition) is 1. The Morgan fingerprint density at radius 1 is 1.21 bits per heavy atom. The van der Waals surface area contributed by atoms with E-state index in [2.05, 4.69) is 5.32 Å². The highest BCUT2D eigenvalue weighted by Crippen LogP contribution is 2.13. The first-order chi connectivity index (χ1) is 9.15. The fourth-order valence-electron chi connectivity index (χ4n) is 1.80. The first-order valence-corrected chi connectivity index (χ1v) is 7.30. The minimum Gasteiger partial charge on any atom is -0.378 e. The molecule has 1 amide bonds. The number of carbonyl (C=O) groups excluding carboxylic acids is 1. The number of nitrogens with one attached hydrogen (secondary N) is 1. The predicted molar refractivity (Wildman–Crippen MR) is 82.3 cm³/mol.